The van der Waals surface area contributed by atoms with E-state index in [2.05, 4.69) is 12.2 Å². The number of hydrogen-bond acceptors (Lipinski definition) is 3. The van der Waals surface area contributed by atoms with Gasteiger partial charge in [-0.3, -0.25) is 4.79 Å². The van der Waals surface area contributed by atoms with Crippen molar-refractivity contribution in [2.24, 2.45) is 0 Å². The van der Waals surface area contributed by atoms with Crippen LogP contribution in [-0.2, 0) is 14.3 Å². The van der Waals surface area contributed by atoms with Crippen LogP contribution in [0.4, 0.5) is 0 Å². The SMILES string of the molecule is CCCCCCC(=O)NCCOCCOCC. The monoisotopic (exact) mass is 245 g/mol. The van der Waals surface area contributed by atoms with Crippen molar-refractivity contribution in [3.05, 3.63) is 0 Å². The van der Waals surface area contributed by atoms with Gasteiger partial charge in [-0.05, 0) is 13.3 Å². The zero-order chi connectivity index (χ0) is 12.8. The molecule has 0 heterocycles. The lowest BCUT2D eigenvalue weighted by atomic mass is 10.1. The number of hydrogen-bond donors (Lipinski definition) is 1. The first kappa shape index (κ1) is 16.4. The number of carbonyl (C=O) groups is 1. The van der Waals surface area contributed by atoms with E-state index in [1.54, 1.807) is 0 Å². The van der Waals surface area contributed by atoms with Crippen LogP contribution in [-0.4, -0.2) is 38.9 Å². The Labute approximate surface area is 105 Å². The maximum atomic E-state index is 11.4. The smallest absolute Gasteiger partial charge is 0.220 e. The molecule has 0 aromatic heterocycles. The number of amides is 1. The molecule has 0 saturated carbocycles. The van der Waals surface area contributed by atoms with Gasteiger partial charge in [0.05, 0.1) is 19.8 Å². The zero-order valence-electron chi connectivity index (χ0n) is 11.3. The molecular weight excluding hydrogens is 218 g/mol. The molecule has 0 bridgehead atoms. The molecule has 0 aromatic rings. The second kappa shape index (κ2) is 13.5. The first-order valence-corrected chi connectivity index (χ1v) is 6.73. The molecule has 0 spiro atoms. The third-order valence-electron chi connectivity index (χ3n) is 2.40. The summed E-state index contributed by atoms with van der Waals surface area (Å²) in [6.07, 6.45) is 5.20. The van der Waals surface area contributed by atoms with E-state index in [0.717, 1.165) is 19.4 Å². The molecule has 0 aromatic carbocycles. The summed E-state index contributed by atoms with van der Waals surface area (Å²) in [7, 11) is 0. The number of unbranched alkanes of at least 4 members (excludes halogenated alkanes) is 3. The van der Waals surface area contributed by atoms with Gasteiger partial charge in [-0.15, -0.1) is 0 Å². The molecule has 0 saturated heterocycles. The Morgan fingerprint density at radius 1 is 1.00 bits per heavy atom. The van der Waals surface area contributed by atoms with E-state index in [4.69, 9.17) is 9.47 Å². The first-order chi connectivity index (χ1) is 8.31. The van der Waals surface area contributed by atoms with Crippen molar-refractivity contribution < 1.29 is 14.3 Å². The zero-order valence-corrected chi connectivity index (χ0v) is 11.3. The van der Waals surface area contributed by atoms with Crippen LogP contribution in [0.5, 0.6) is 0 Å². The molecule has 0 rings (SSSR count). The van der Waals surface area contributed by atoms with Crippen molar-refractivity contribution in [1.82, 2.24) is 5.32 Å². The van der Waals surface area contributed by atoms with Crippen LogP contribution in [0, 0.1) is 0 Å². The van der Waals surface area contributed by atoms with Crippen molar-refractivity contribution in [3.8, 4) is 0 Å². The Morgan fingerprint density at radius 3 is 2.47 bits per heavy atom. The Kier molecular flexibility index (Phi) is 13.0. The third kappa shape index (κ3) is 13.3. The molecular formula is C13H27NO3. The maximum absolute atomic E-state index is 11.4. The second-order valence-electron chi connectivity index (χ2n) is 3.97. The molecule has 17 heavy (non-hydrogen) atoms. The van der Waals surface area contributed by atoms with Crippen molar-refractivity contribution in [3.63, 3.8) is 0 Å². The molecule has 0 aliphatic heterocycles. The highest BCUT2D eigenvalue weighted by molar-refractivity contribution is 5.75. The van der Waals surface area contributed by atoms with Gasteiger partial charge in [-0.1, -0.05) is 26.2 Å². The van der Waals surface area contributed by atoms with Crippen molar-refractivity contribution in [2.45, 2.75) is 46.0 Å². The first-order valence-electron chi connectivity index (χ1n) is 6.73. The van der Waals surface area contributed by atoms with Gasteiger partial charge < -0.3 is 14.8 Å². The van der Waals surface area contributed by atoms with Gasteiger partial charge in [0, 0.05) is 19.6 Å². The lowest BCUT2D eigenvalue weighted by Gasteiger charge is -2.06. The highest BCUT2D eigenvalue weighted by Crippen LogP contribution is 2.01. The number of ether oxygens (including phenoxy) is 2. The fourth-order valence-corrected chi connectivity index (χ4v) is 1.43. The van der Waals surface area contributed by atoms with Crippen molar-refractivity contribution in [1.29, 1.82) is 0 Å². The van der Waals surface area contributed by atoms with Gasteiger partial charge in [0.1, 0.15) is 0 Å². The fraction of sp³-hybridized carbons (Fsp3) is 0.923. The predicted octanol–water partition coefficient (Wildman–Crippen LogP) is 2.13. The van der Waals surface area contributed by atoms with Crippen LogP contribution in [0.1, 0.15) is 46.0 Å². The third-order valence-corrected chi connectivity index (χ3v) is 2.40. The predicted molar refractivity (Wildman–Crippen MR) is 69.1 cm³/mol. The van der Waals surface area contributed by atoms with E-state index < -0.39 is 0 Å². The summed E-state index contributed by atoms with van der Waals surface area (Å²) in [5, 5.41) is 2.85. The molecule has 0 atom stereocenters. The average Bonchev–Trinajstić information content (AvgIpc) is 2.33. The summed E-state index contributed by atoms with van der Waals surface area (Å²) >= 11 is 0. The molecule has 4 heteroatoms. The summed E-state index contributed by atoms with van der Waals surface area (Å²) in [6.45, 7) is 7.23. The minimum absolute atomic E-state index is 0.134. The Morgan fingerprint density at radius 2 is 1.76 bits per heavy atom. The number of carbonyl (C=O) groups excluding carboxylic acids is 1. The van der Waals surface area contributed by atoms with E-state index in [1.807, 2.05) is 6.92 Å². The largest absolute Gasteiger partial charge is 0.379 e. The van der Waals surface area contributed by atoms with Gasteiger partial charge >= 0.3 is 0 Å². The molecule has 0 aliphatic rings. The molecule has 102 valence electrons. The Balaban J connectivity index is 3.11. The summed E-state index contributed by atoms with van der Waals surface area (Å²) in [6, 6.07) is 0. The van der Waals surface area contributed by atoms with E-state index in [0.29, 0.717) is 32.8 Å². The fourth-order valence-electron chi connectivity index (χ4n) is 1.43. The highest BCUT2D eigenvalue weighted by Gasteiger charge is 1.99. The van der Waals surface area contributed by atoms with Crippen molar-refractivity contribution in [2.75, 3.05) is 33.0 Å². The normalized spacial score (nSPS) is 10.5. The van der Waals surface area contributed by atoms with Gasteiger partial charge in [0.2, 0.25) is 5.91 Å². The van der Waals surface area contributed by atoms with Crippen LogP contribution in [0.3, 0.4) is 0 Å². The number of nitrogens with one attached hydrogen (secondary N) is 1. The van der Waals surface area contributed by atoms with Gasteiger partial charge in [-0.2, -0.15) is 0 Å². The molecule has 1 N–H and O–H groups in total. The highest BCUT2D eigenvalue weighted by atomic mass is 16.5. The molecule has 0 aliphatic carbocycles. The van der Waals surface area contributed by atoms with E-state index in [1.165, 1.54) is 12.8 Å². The standard InChI is InChI=1S/C13H27NO3/c1-3-5-6-7-8-13(15)14-9-10-17-12-11-16-4-2/h3-12H2,1-2H3,(H,14,15). The summed E-state index contributed by atoms with van der Waals surface area (Å²) in [4.78, 5) is 11.4. The molecule has 0 radical (unpaired) electrons. The van der Waals surface area contributed by atoms with E-state index in [-0.39, 0.29) is 5.91 Å². The van der Waals surface area contributed by atoms with Crippen LogP contribution in [0.15, 0.2) is 0 Å². The van der Waals surface area contributed by atoms with Gasteiger partial charge in [0.25, 0.3) is 0 Å². The van der Waals surface area contributed by atoms with Gasteiger partial charge in [-0.25, -0.2) is 0 Å². The molecule has 0 unspecified atom stereocenters. The quantitative estimate of drug-likeness (QED) is 0.536. The van der Waals surface area contributed by atoms with Crippen LogP contribution in [0.2, 0.25) is 0 Å². The van der Waals surface area contributed by atoms with E-state index >= 15 is 0 Å². The average molecular weight is 245 g/mol. The van der Waals surface area contributed by atoms with Crippen LogP contribution in [0.25, 0.3) is 0 Å². The van der Waals surface area contributed by atoms with Crippen molar-refractivity contribution >= 4 is 5.91 Å². The molecule has 4 nitrogen and oxygen atoms in total. The van der Waals surface area contributed by atoms with Gasteiger partial charge in [0.15, 0.2) is 0 Å². The Hall–Kier alpha value is -0.610. The lowest BCUT2D eigenvalue weighted by molar-refractivity contribution is -0.121. The summed E-state index contributed by atoms with van der Waals surface area (Å²) in [5.74, 6) is 0.134. The summed E-state index contributed by atoms with van der Waals surface area (Å²) in [5.41, 5.74) is 0. The molecule has 0 fully saturated rings. The minimum atomic E-state index is 0.134. The topological polar surface area (TPSA) is 47.6 Å². The van der Waals surface area contributed by atoms with E-state index in [9.17, 15) is 4.79 Å². The Bertz CT molecular complexity index is 174. The lowest BCUT2D eigenvalue weighted by Crippen LogP contribution is -2.27. The minimum Gasteiger partial charge on any atom is -0.379 e. The van der Waals surface area contributed by atoms with Crippen LogP contribution >= 0.6 is 0 Å². The number of rotatable bonds is 12. The van der Waals surface area contributed by atoms with Crippen LogP contribution < -0.4 is 5.32 Å². The summed E-state index contributed by atoms with van der Waals surface area (Å²) < 4.78 is 10.4. The molecule has 1 amide bonds. The maximum Gasteiger partial charge on any atom is 0.220 e. The second-order valence-corrected chi connectivity index (χ2v) is 3.97.